The van der Waals surface area contributed by atoms with Crippen LogP contribution in [0.25, 0.3) is 21.8 Å². The number of ether oxygens (including phenoxy) is 2. The highest BCUT2D eigenvalue weighted by Gasteiger charge is 2.42. The zero-order valence-corrected chi connectivity index (χ0v) is 18.3. The first-order chi connectivity index (χ1) is 16.0. The predicted octanol–water partition coefficient (Wildman–Crippen LogP) is 4.86. The van der Waals surface area contributed by atoms with E-state index in [0.29, 0.717) is 22.2 Å². The van der Waals surface area contributed by atoms with E-state index < -0.39 is 23.8 Å². The molecule has 0 spiro atoms. The zero-order chi connectivity index (χ0) is 24.8. The van der Waals surface area contributed by atoms with Gasteiger partial charge in [-0.1, -0.05) is 6.07 Å². The Balaban J connectivity index is 1.81. The molecule has 2 heterocycles. The fourth-order valence-corrected chi connectivity index (χ4v) is 3.43. The first-order valence-electron chi connectivity index (χ1n) is 9.83. The monoisotopic (exact) mass is 475 g/mol. The standard InChI is InChI=1S/C22H17F4N5O3/c1-9-5-10(2)17-13(6-9)18(34-19(32)22(24,25)26)30-21(29-17)31-20-27-11(3)12-7-16(33-4)14(23)8-15(12)28-20/h5-8H,1-4H3,(H,27,28,29,30,31). The molecule has 0 aliphatic heterocycles. The normalized spacial score (nSPS) is 11.6. The highest BCUT2D eigenvalue weighted by Crippen LogP contribution is 2.31. The van der Waals surface area contributed by atoms with Crippen LogP contribution in [0, 0.1) is 26.6 Å². The summed E-state index contributed by atoms with van der Waals surface area (Å²) in [6, 6.07) is 5.90. The van der Waals surface area contributed by atoms with Crippen molar-refractivity contribution in [2.75, 3.05) is 12.4 Å². The lowest BCUT2D eigenvalue weighted by atomic mass is 10.1. The van der Waals surface area contributed by atoms with Crippen LogP contribution >= 0.6 is 0 Å². The molecule has 2 aromatic carbocycles. The van der Waals surface area contributed by atoms with Crippen LogP contribution in [-0.2, 0) is 4.79 Å². The maximum Gasteiger partial charge on any atom is 0.491 e. The minimum absolute atomic E-state index is 0.0275. The van der Waals surface area contributed by atoms with E-state index in [1.165, 1.54) is 25.3 Å². The number of anilines is 2. The van der Waals surface area contributed by atoms with Crippen molar-refractivity contribution in [1.82, 2.24) is 19.9 Å². The third-order valence-corrected chi connectivity index (χ3v) is 4.90. The van der Waals surface area contributed by atoms with E-state index in [1.807, 2.05) is 0 Å². The van der Waals surface area contributed by atoms with Gasteiger partial charge >= 0.3 is 12.1 Å². The predicted molar refractivity (Wildman–Crippen MR) is 115 cm³/mol. The van der Waals surface area contributed by atoms with Gasteiger partial charge in [0.15, 0.2) is 11.6 Å². The first kappa shape index (κ1) is 23.1. The molecule has 0 fully saturated rings. The number of methoxy groups -OCH3 is 1. The third-order valence-electron chi connectivity index (χ3n) is 4.90. The number of hydrogen-bond acceptors (Lipinski definition) is 8. The number of nitrogens with one attached hydrogen (secondary N) is 1. The fourth-order valence-electron chi connectivity index (χ4n) is 3.43. The molecular weight excluding hydrogens is 458 g/mol. The lowest BCUT2D eigenvalue weighted by Gasteiger charge is -2.13. The Morgan fingerprint density at radius 2 is 1.65 bits per heavy atom. The van der Waals surface area contributed by atoms with E-state index in [1.54, 1.807) is 26.8 Å². The van der Waals surface area contributed by atoms with Crippen LogP contribution in [0.1, 0.15) is 16.8 Å². The molecule has 1 N–H and O–H groups in total. The molecule has 8 nitrogen and oxygen atoms in total. The van der Waals surface area contributed by atoms with Crippen LogP contribution < -0.4 is 14.8 Å². The molecule has 0 unspecified atom stereocenters. The Hall–Kier alpha value is -4.09. The SMILES string of the molecule is COc1cc2c(C)nc(Nc3nc(OC(=O)C(F)(F)F)c4cc(C)cc(C)c4n3)nc2cc1F. The molecule has 176 valence electrons. The van der Waals surface area contributed by atoms with Crippen molar-refractivity contribution in [3.63, 3.8) is 0 Å². The van der Waals surface area contributed by atoms with Crippen LogP contribution in [-0.4, -0.2) is 39.2 Å². The molecule has 2 aromatic heterocycles. The van der Waals surface area contributed by atoms with Crippen molar-refractivity contribution in [3.8, 4) is 11.6 Å². The first-order valence-corrected chi connectivity index (χ1v) is 9.83. The summed E-state index contributed by atoms with van der Waals surface area (Å²) in [5.41, 5.74) is 2.33. The lowest BCUT2D eigenvalue weighted by Crippen LogP contribution is -2.28. The maximum atomic E-state index is 14.2. The molecule has 0 bridgehead atoms. The van der Waals surface area contributed by atoms with Gasteiger partial charge in [-0.3, -0.25) is 5.32 Å². The molecule has 4 rings (SSSR count). The maximum absolute atomic E-state index is 14.2. The lowest BCUT2D eigenvalue weighted by molar-refractivity contribution is -0.189. The number of carbonyl (C=O) groups is 1. The number of alkyl halides is 3. The molecule has 0 aliphatic rings. The Morgan fingerprint density at radius 3 is 2.32 bits per heavy atom. The summed E-state index contributed by atoms with van der Waals surface area (Å²) in [5.74, 6) is -3.84. The number of halogens is 4. The van der Waals surface area contributed by atoms with Gasteiger partial charge in [0.1, 0.15) is 0 Å². The summed E-state index contributed by atoms with van der Waals surface area (Å²) in [7, 11) is 1.33. The number of hydrogen-bond donors (Lipinski definition) is 1. The molecule has 0 radical (unpaired) electrons. The molecule has 0 aliphatic carbocycles. The number of rotatable bonds is 4. The van der Waals surface area contributed by atoms with Gasteiger partial charge in [0.05, 0.1) is 29.2 Å². The van der Waals surface area contributed by atoms with E-state index in [2.05, 4.69) is 30.0 Å². The van der Waals surface area contributed by atoms with Crippen LogP contribution in [0.15, 0.2) is 24.3 Å². The van der Waals surface area contributed by atoms with Crippen LogP contribution in [0.4, 0.5) is 29.5 Å². The van der Waals surface area contributed by atoms with Crippen molar-refractivity contribution < 1.29 is 31.8 Å². The molecule has 0 saturated carbocycles. The highest BCUT2D eigenvalue weighted by molar-refractivity contribution is 5.91. The summed E-state index contributed by atoms with van der Waals surface area (Å²) < 4.78 is 62.2. The van der Waals surface area contributed by atoms with Gasteiger partial charge in [-0.05, 0) is 44.0 Å². The van der Waals surface area contributed by atoms with Gasteiger partial charge in [-0.25, -0.2) is 24.1 Å². The Labute approximate surface area is 190 Å². The largest absolute Gasteiger partial charge is 0.494 e. The second-order valence-corrected chi connectivity index (χ2v) is 7.48. The molecule has 0 amide bonds. The van der Waals surface area contributed by atoms with Gasteiger partial charge < -0.3 is 9.47 Å². The van der Waals surface area contributed by atoms with Crippen LogP contribution in [0.5, 0.6) is 11.6 Å². The van der Waals surface area contributed by atoms with E-state index in [0.717, 1.165) is 0 Å². The summed E-state index contributed by atoms with van der Waals surface area (Å²) in [6.07, 6.45) is -5.21. The highest BCUT2D eigenvalue weighted by atomic mass is 19.4. The third kappa shape index (κ3) is 4.38. The molecule has 0 atom stereocenters. The topological polar surface area (TPSA) is 99.1 Å². The summed E-state index contributed by atoms with van der Waals surface area (Å²) in [6.45, 7) is 5.10. The smallest absolute Gasteiger partial charge is 0.491 e. The van der Waals surface area contributed by atoms with Gasteiger partial charge in [0, 0.05) is 11.5 Å². The number of aromatic nitrogens is 4. The number of aryl methyl sites for hydroxylation is 3. The van der Waals surface area contributed by atoms with E-state index in [9.17, 15) is 22.4 Å². The number of benzene rings is 2. The van der Waals surface area contributed by atoms with Crippen molar-refractivity contribution >= 4 is 39.7 Å². The van der Waals surface area contributed by atoms with Crippen molar-refractivity contribution in [3.05, 3.63) is 46.9 Å². The number of nitrogens with zero attached hydrogens (tertiary/aromatic N) is 4. The Kier molecular flexibility index (Phi) is 5.67. The van der Waals surface area contributed by atoms with Gasteiger partial charge in [0.2, 0.25) is 17.8 Å². The summed E-state index contributed by atoms with van der Waals surface area (Å²) >= 11 is 0. The average molecular weight is 475 g/mol. The second-order valence-electron chi connectivity index (χ2n) is 7.48. The second kappa shape index (κ2) is 8.36. The number of carbonyl (C=O) groups excluding carboxylic acids is 1. The quantitative estimate of drug-likeness (QED) is 0.330. The van der Waals surface area contributed by atoms with Crippen LogP contribution in [0.2, 0.25) is 0 Å². The Bertz CT molecular complexity index is 1460. The van der Waals surface area contributed by atoms with E-state index >= 15 is 0 Å². The zero-order valence-electron chi connectivity index (χ0n) is 18.3. The molecule has 12 heteroatoms. The van der Waals surface area contributed by atoms with Crippen LogP contribution in [0.3, 0.4) is 0 Å². The Morgan fingerprint density at radius 1 is 0.941 bits per heavy atom. The molecular formula is C22H17F4N5O3. The minimum atomic E-state index is -5.21. The van der Waals surface area contributed by atoms with Crippen molar-refractivity contribution in [2.45, 2.75) is 26.9 Å². The summed E-state index contributed by atoms with van der Waals surface area (Å²) in [4.78, 5) is 28.3. The molecule has 4 aromatic rings. The number of esters is 1. The van der Waals surface area contributed by atoms with Gasteiger partial charge in [-0.15, -0.1) is 0 Å². The number of fused-ring (bicyclic) bond motifs is 2. The fraction of sp³-hybridized carbons (Fsp3) is 0.227. The van der Waals surface area contributed by atoms with Gasteiger partial charge in [0.25, 0.3) is 0 Å². The van der Waals surface area contributed by atoms with Crippen molar-refractivity contribution in [1.29, 1.82) is 0 Å². The van der Waals surface area contributed by atoms with E-state index in [-0.39, 0.29) is 34.1 Å². The summed E-state index contributed by atoms with van der Waals surface area (Å²) in [5, 5.41) is 3.37. The minimum Gasteiger partial charge on any atom is -0.494 e. The van der Waals surface area contributed by atoms with E-state index in [4.69, 9.17) is 4.74 Å². The molecule has 0 saturated heterocycles. The molecule has 34 heavy (non-hydrogen) atoms. The van der Waals surface area contributed by atoms with Gasteiger partial charge in [-0.2, -0.15) is 18.2 Å². The van der Waals surface area contributed by atoms with Crippen molar-refractivity contribution in [2.24, 2.45) is 0 Å². The average Bonchev–Trinajstić information content (AvgIpc) is 2.73.